The lowest BCUT2D eigenvalue weighted by atomic mass is 10.0. The van der Waals surface area contributed by atoms with Crippen LogP contribution in [0, 0.1) is 13.8 Å². The fraction of sp³-hybridized carbons (Fsp3) is 0.520. The molecule has 0 aliphatic carbocycles. The van der Waals surface area contributed by atoms with Crippen LogP contribution in [0.5, 0.6) is 5.75 Å². The van der Waals surface area contributed by atoms with Crippen molar-refractivity contribution in [2.24, 2.45) is 0 Å². The molecule has 3 rings (SSSR count). The molecule has 10 heteroatoms. The fourth-order valence-electron chi connectivity index (χ4n) is 4.69. The SMILES string of the molecule is CCn1c(C)c(C(=O)C(C)N(CC2CCCO2)S(=O)(=O)c2ccc(OC)cc2)c(C)c1C(=O)OC. The van der Waals surface area contributed by atoms with E-state index in [9.17, 15) is 18.0 Å². The van der Waals surface area contributed by atoms with Gasteiger partial charge in [0.2, 0.25) is 10.0 Å². The molecule has 2 aromatic rings. The number of ketones is 1. The molecule has 192 valence electrons. The highest BCUT2D eigenvalue weighted by Crippen LogP contribution is 2.29. The Morgan fingerprint density at radius 3 is 2.37 bits per heavy atom. The van der Waals surface area contributed by atoms with Crippen LogP contribution in [0.15, 0.2) is 29.2 Å². The number of benzene rings is 1. The Bertz CT molecular complexity index is 1180. The van der Waals surface area contributed by atoms with Crippen molar-refractivity contribution in [1.82, 2.24) is 8.87 Å². The highest BCUT2D eigenvalue weighted by atomic mass is 32.2. The maximum atomic E-state index is 13.8. The number of esters is 1. The summed E-state index contributed by atoms with van der Waals surface area (Å²) in [4.78, 5) is 26.3. The third kappa shape index (κ3) is 5.14. The third-order valence-electron chi connectivity index (χ3n) is 6.59. The van der Waals surface area contributed by atoms with Gasteiger partial charge in [-0.05, 0) is 70.4 Å². The van der Waals surface area contributed by atoms with Gasteiger partial charge in [0.1, 0.15) is 11.4 Å². The number of nitrogens with zero attached hydrogens (tertiary/aromatic N) is 2. The molecule has 1 fully saturated rings. The van der Waals surface area contributed by atoms with Gasteiger partial charge in [0, 0.05) is 31.0 Å². The molecule has 1 aromatic heterocycles. The Kier molecular flexibility index (Phi) is 8.40. The number of methoxy groups -OCH3 is 2. The molecule has 0 radical (unpaired) electrons. The third-order valence-corrected chi connectivity index (χ3v) is 8.54. The Balaban J connectivity index is 2.06. The molecular weight excluding hydrogens is 472 g/mol. The van der Waals surface area contributed by atoms with Crippen LogP contribution in [0.25, 0.3) is 0 Å². The Labute approximate surface area is 207 Å². The predicted molar refractivity (Wildman–Crippen MR) is 131 cm³/mol. The van der Waals surface area contributed by atoms with Gasteiger partial charge < -0.3 is 18.8 Å². The van der Waals surface area contributed by atoms with Crippen molar-refractivity contribution in [1.29, 1.82) is 0 Å². The quantitative estimate of drug-likeness (QED) is 0.359. The smallest absolute Gasteiger partial charge is 0.354 e. The number of carbonyl (C=O) groups excluding carboxylic acids is 2. The molecule has 2 heterocycles. The Hall–Kier alpha value is -2.69. The monoisotopic (exact) mass is 506 g/mol. The van der Waals surface area contributed by atoms with Gasteiger partial charge >= 0.3 is 5.97 Å². The molecule has 0 bridgehead atoms. The van der Waals surface area contributed by atoms with Gasteiger partial charge in [0.05, 0.1) is 31.3 Å². The first-order valence-corrected chi connectivity index (χ1v) is 13.1. The normalized spacial score (nSPS) is 16.9. The summed E-state index contributed by atoms with van der Waals surface area (Å²) in [5, 5.41) is 0. The van der Waals surface area contributed by atoms with Crippen LogP contribution in [-0.2, 0) is 26.0 Å². The van der Waals surface area contributed by atoms with Crippen LogP contribution in [0.3, 0.4) is 0 Å². The number of ether oxygens (including phenoxy) is 3. The van der Waals surface area contributed by atoms with Crippen LogP contribution in [0.1, 0.15) is 58.8 Å². The van der Waals surface area contributed by atoms with Gasteiger partial charge in [-0.25, -0.2) is 13.2 Å². The van der Waals surface area contributed by atoms with E-state index in [1.54, 1.807) is 37.5 Å². The second-order valence-corrected chi connectivity index (χ2v) is 10.5. The average Bonchev–Trinajstić information content (AvgIpc) is 3.46. The number of Topliss-reactive ketones (excluding diaryl/α,β-unsaturated/α-hetero) is 1. The van der Waals surface area contributed by atoms with Crippen LogP contribution in [0.2, 0.25) is 0 Å². The first-order chi connectivity index (χ1) is 16.6. The van der Waals surface area contributed by atoms with E-state index in [1.165, 1.54) is 30.7 Å². The van der Waals surface area contributed by atoms with Crippen molar-refractivity contribution < 1.29 is 32.2 Å². The second-order valence-electron chi connectivity index (χ2n) is 8.60. The summed E-state index contributed by atoms with van der Waals surface area (Å²) in [6, 6.07) is 5.05. The maximum Gasteiger partial charge on any atom is 0.354 e. The van der Waals surface area contributed by atoms with Crippen molar-refractivity contribution in [2.75, 3.05) is 27.4 Å². The maximum absolute atomic E-state index is 13.8. The number of hydrogen-bond acceptors (Lipinski definition) is 7. The van der Waals surface area contributed by atoms with E-state index in [1.807, 2.05) is 6.92 Å². The molecule has 0 N–H and O–H groups in total. The summed E-state index contributed by atoms with van der Waals surface area (Å²) < 4.78 is 46.2. The van der Waals surface area contributed by atoms with Crippen molar-refractivity contribution in [3.05, 3.63) is 46.8 Å². The van der Waals surface area contributed by atoms with Crippen molar-refractivity contribution in [3.8, 4) is 5.75 Å². The van der Waals surface area contributed by atoms with E-state index < -0.39 is 22.0 Å². The molecule has 0 spiro atoms. The first kappa shape index (κ1) is 26.9. The molecule has 1 saturated heterocycles. The summed E-state index contributed by atoms with van der Waals surface area (Å²) in [5.41, 5.74) is 1.71. The van der Waals surface area contributed by atoms with E-state index >= 15 is 0 Å². The minimum Gasteiger partial charge on any atom is -0.497 e. The molecule has 2 unspecified atom stereocenters. The summed E-state index contributed by atoms with van der Waals surface area (Å²) in [7, 11) is -1.25. The fourth-order valence-corrected chi connectivity index (χ4v) is 6.31. The van der Waals surface area contributed by atoms with Crippen LogP contribution in [-0.4, -0.2) is 68.6 Å². The minimum atomic E-state index is -4.04. The standard InChI is InChI=1S/C25H34N2O7S/c1-7-26-17(3)22(16(2)23(26)25(29)33-6)24(28)18(4)27(15-20-9-8-14-34-20)35(30,31)21-12-10-19(32-5)11-13-21/h10-13,18,20H,7-9,14-15H2,1-6H3. The van der Waals surface area contributed by atoms with Gasteiger partial charge in [-0.3, -0.25) is 4.79 Å². The molecule has 1 aromatic carbocycles. The van der Waals surface area contributed by atoms with Crippen LogP contribution in [0.4, 0.5) is 0 Å². The zero-order chi connectivity index (χ0) is 25.9. The van der Waals surface area contributed by atoms with Gasteiger partial charge in [0.25, 0.3) is 0 Å². The zero-order valence-electron chi connectivity index (χ0n) is 21.2. The largest absolute Gasteiger partial charge is 0.497 e. The summed E-state index contributed by atoms with van der Waals surface area (Å²) in [6.45, 7) is 7.97. The van der Waals surface area contributed by atoms with Crippen LogP contribution < -0.4 is 4.74 Å². The topological polar surface area (TPSA) is 104 Å². The van der Waals surface area contributed by atoms with E-state index in [0.717, 1.165) is 6.42 Å². The number of rotatable bonds is 10. The molecule has 0 saturated carbocycles. The highest BCUT2D eigenvalue weighted by Gasteiger charge is 2.38. The lowest BCUT2D eigenvalue weighted by Gasteiger charge is -2.30. The molecule has 0 amide bonds. The number of aromatic nitrogens is 1. The zero-order valence-corrected chi connectivity index (χ0v) is 22.0. The molecule has 35 heavy (non-hydrogen) atoms. The van der Waals surface area contributed by atoms with Crippen molar-refractivity contribution >= 4 is 21.8 Å². The van der Waals surface area contributed by atoms with Crippen molar-refractivity contribution in [2.45, 2.75) is 64.1 Å². The predicted octanol–water partition coefficient (Wildman–Crippen LogP) is 3.36. The molecule has 2 atom stereocenters. The summed E-state index contributed by atoms with van der Waals surface area (Å²) in [6.07, 6.45) is 1.25. The molecule has 1 aliphatic heterocycles. The van der Waals surface area contributed by atoms with Crippen LogP contribution >= 0.6 is 0 Å². The van der Waals surface area contributed by atoms with Gasteiger partial charge in [-0.1, -0.05) is 0 Å². The lowest BCUT2D eigenvalue weighted by Crippen LogP contribution is -2.47. The van der Waals surface area contributed by atoms with Gasteiger partial charge in [-0.15, -0.1) is 0 Å². The Morgan fingerprint density at radius 1 is 1.20 bits per heavy atom. The van der Waals surface area contributed by atoms with E-state index in [4.69, 9.17) is 14.2 Å². The van der Waals surface area contributed by atoms with E-state index in [-0.39, 0.29) is 23.3 Å². The molecular formula is C25H34N2O7S. The number of hydrogen-bond donors (Lipinski definition) is 0. The average molecular weight is 507 g/mol. The van der Waals surface area contributed by atoms with Crippen molar-refractivity contribution in [3.63, 3.8) is 0 Å². The minimum absolute atomic E-state index is 0.0533. The summed E-state index contributed by atoms with van der Waals surface area (Å²) >= 11 is 0. The van der Waals surface area contributed by atoms with E-state index in [0.29, 0.717) is 47.8 Å². The highest BCUT2D eigenvalue weighted by molar-refractivity contribution is 7.89. The molecule has 9 nitrogen and oxygen atoms in total. The second kappa shape index (κ2) is 10.9. The lowest BCUT2D eigenvalue weighted by molar-refractivity contribution is 0.0587. The number of carbonyl (C=O) groups is 2. The van der Waals surface area contributed by atoms with Gasteiger partial charge in [-0.2, -0.15) is 4.31 Å². The Morgan fingerprint density at radius 2 is 1.86 bits per heavy atom. The molecule has 1 aliphatic rings. The first-order valence-electron chi connectivity index (χ1n) is 11.7. The summed E-state index contributed by atoms with van der Waals surface area (Å²) in [5.74, 6) is -0.394. The van der Waals surface area contributed by atoms with Gasteiger partial charge in [0.15, 0.2) is 5.78 Å². The number of sulfonamides is 1. The van der Waals surface area contributed by atoms with E-state index in [2.05, 4.69) is 0 Å².